The molecule has 1 fully saturated rings. The van der Waals surface area contributed by atoms with Crippen molar-refractivity contribution >= 4 is 43.2 Å². The molecule has 0 amide bonds. The minimum Gasteiger partial charge on any atom is -0.380 e. The standard InChI is InChI=1S/C11H15Br2NOS/c12-10-7-9(16-11(10)13)3-5-15-6-4-14-8-1-2-8/h7-8,14H,1-6H2. The molecular weight excluding hydrogens is 354 g/mol. The largest absolute Gasteiger partial charge is 0.380 e. The van der Waals surface area contributed by atoms with Crippen molar-refractivity contribution in [3.05, 3.63) is 19.2 Å². The van der Waals surface area contributed by atoms with Gasteiger partial charge in [-0.3, -0.25) is 0 Å². The molecule has 16 heavy (non-hydrogen) atoms. The molecule has 0 bridgehead atoms. The topological polar surface area (TPSA) is 21.3 Å². The fourth-order valence-electron chi connectivity index (χ4n) is 1.41. The number of rotatable bonds is 7. The molecule has 1 aliphatic carbocycles. The highest BCUT2D eigenvalue weighted by Crippen LogP contribution is 2.32. The van der Waals surface area contributed by atoms with Gasteiger partial charge in [-0.05, 0) is 50.8 Å². The summed E-state index contributed by atoms with van der Waals surface area (Å²) in [6.45, 7) is 2.62. The van der Waals surface area contributed by atoms with Gasteiger partial charge < -0.3 is 10.1 Å². The van der Waals surface area contributed by atoms with Crippen LogP contribution in [0, 0.1) is 0 Å². The molecule has 0 atom stereocenters. The van der Waals surface area contributed by atoms with Crippen molar-refractivity contribution in [1.29, 1.82) is 0 Å². The minimum absolute atomic E-state index is 0.785. The van der Waals surface area contributed by atoms with Gasteiger partial charge in [0.2, 0.25) is 0 Å². The van der Waals surface area contributed by atoms with Crippen LogP contribution in [0.4, 0.5) is 0 Å². The summed E-state index contributed by atoms with van der Waals surface area (Å²) in [6, 6.07) is 2.94. The third-order valence-corrected chi connectivity index (χ3v) is 5.76. The van der Waals surface area contributed by atoms with E-state index >= 15 is 0 Å². The molecule has 0 unspecified atom stereocenters. The van der Waals surface area contributed by atoms with Crippen LogP contribution in [-0.2, 0) is 11.2 Å². The first-order valence-electron chi connectivity index (χ1n) is 5.50. The monoisotopic (exact) mass is 367 g/mol. The molecular formula is C11H15Br2NOS. The molecule has 0 spiro atoms. The SMILES string of the molecule is Brc1cc(CCOCCNC2CC2)sc1Br. The van der Waals surface area contributed by atoms with E-state index in [2.05, 4.69) is 43.2 Å². The fraction of sp³-hybridized carbons (Fsp3) is 0.636. The van der Waals surface area contributed by atoms with Crippen LogP contribution in [0.1, 0.15) is 17.7 Å². The maximum Gasteiger partial charge on any atom is 0.0843 e. The molecule has 1 saturated carbocycles. The number of thiophene rings is 1. The maximum atomic E-state index is 5.58. The van der Waals surface area contributed by atoms with E-state index in [0.717, 1.165) is 40.5 Å². The average Bonchev–Trinajstić information content (AvgIpc) is 3.01. The first-order valence-corrected chi connectivity index (χ1v) is 7.91. The second-order valence-corrected chi connectivity index (χ2v) is 7.23. The van der Waals surface area contributed by atoms with E-state index in [1.165, 1.54) is 17.7 Å². The van der Waals surface area contributed by atoms with Crippen molar-refractivity contribution in [1.82, 2.24) is 5.32 Å². The molecule has 90 valence electrons. The molecule has 1 aromatic heterocycles. The first kappa shape index (κ1) is 13.0. The van der Waals surface area contributed by atoms with Gasteiger partial charge in [0.15, 0.2) is 0 Å². The predicted octanol–water partition coefficient (Wildman–Crippen LogP) is 3.58. The zero-order valence-corrected chi connectivity index (χ0v) is 13.0. The van der Waals surface area contributed by atoms with Crippen molar-refractivity contribution < 1.29 is 4.74 Å². The molecule has 0 radical (unpaired) electrons. The molecule has 0 saturated heterocycles. The summed E-state index contributed by atoms with van der Waals surface area (Å²) in [5, 5.41) is 3.43. The van der Waals surface area contributed by atoms with E-state index in [-0.39, 0.29) is 0 Å². The van der Waals surface area contributed by atoms with Crippen molar-refractivity contribution in [3.63, 3.8) is 0 Å². The number of hydrogen-bond acceptors (Lipinski definition) is 3. The van der Waals surface area contributed by atoms with Gasteiger partial charge in [0.1, 0.15) is 0 Å². The number of nitrogens with one attached hydrogen (secondary N) is 1. The molecule has 1 N–H and O–H groups in total. The normalized spacial score (nSPS) is 15.6. The van der Waals surface area contributed by atoms with Gasteiger partial charge in [-0.15, -0.1) is 11.3 Å². The second kappa shape index (κ2) is 6.50. The van der Waals surface area contributed by atoms with Gasteiger partial charge in [0, 0.05) is 28.4 Å². The smallest absolute Gasteiger partial charge is 0.0843 e. The lowest BCUT2D eigenvalue weighted by molar-refractivity contribution is 0.139. The van der Waals surface area contributed by atoms with Crippen LogP contribution in [0.25, 0.3) is 0 Å². The summed E-state index contributed by atoms with van der Waals surface area (Å²) in [6.07, 6.45) is 3.69. The van der Waals surface area contributed by atoms with Crippen molar-refractivity contribution in [2.45, 2.75) is 25.3 Å². The second-order valence-electron chi connectivity index (χ2n) is 3.93. The summed E-state index contributed by atoms with van der Waals surface area (Å²) >= 11 is 8.75. The van der Waals surface area contributed by atoms with Gasteiger partial charge >= 0.3 is 0 Å². The molecule has 2 rings (SSSR count). The van der Waals surface area contributed by atoms with E-state index in [1.807, 2.05) is 0 Å². The minimum atomic E-state index is 0.785. The van der Waals surface area contributed by atoms with E-state index in [0.29, 0.717) is 0 Å². The third-order valence-electron chi connectivity index (χ3n) is 2.45. The Kier molecular flexibility index (Phi) is 5.29. The molecule has 0 aliphatic heterocycles. The lowest BCUT2D eigenvalue weighted by Gasteiger charge is -2.03. The average molecular weight is 369 g/mol. The van der Waals surface area contributed by atoms with Gasteiger partial charge in [0.25, 0.3) is 0 Å². The van der Waals surface area contributed by atoms with Crippen LogP contribution >= 0.6 is 43.2 Å². The van der Waals surface area contributed by atoms with Crippen LogP contribution in [-0.4, -0.2) is 25.8 Å². The summed E-state index contributed by atoms with van der Waals surface area (Å²) in [7, 11) is 0. The highest BCUT2D eigenvalue weighted by Gasteiger charge is 2.19. The Hall–Kier alpha value is 0.580. The van der Waals surface area contributed by atoms with E-state index in [1.54, 1.807) is 11.3 Å². The predicted molar refractivity (Wildman–Crippen MR) is 75.3 cm³/mol. The lowest BCUT2D eigenvalue weighted by Crippen LogP contribution is -2.22. The maximum absolute atomic E-state index is 5.58. The molecule has 1 aromatic rings. The van der Waals surface area contributed by atoms with Gasteiger partial charge in [0.05, 0.1) is 17.0 Å². The van der Waals surface area contributed by atoms with Gasteiger partial charge in [-0.1, -0.05) is 0 Å². The van der Waals surface area contributed by atoms with Crippen LogP contribution in [0.5, 0.6) is 0 Å². The van der Waals surface area contributed by atoms with Crippen LogP contribution in [0.15, 0.2) is 14.3 Å². The highest BCUT2D eigenvalue weighted by atomic mass is 79.9. The third kappa shape index (κ3) is 4.45. The Labute approximate surface area is 117 Å². The van der Waals surface area contributed by atoms with Crippen LogP contribution in [0.2, 0.25) is 0 Å². The van der Waals surface area contributed by atoms with Crippen LogP contribution < -0.4 is 5.32 Å². The Morgan fingerprint density at radius 1 is 1.38 bits per heavy atom. The Morgan fingerprint density at radius 3 is 2.81 bits per heavy atom. The number of hydrogen-bond donors (Lipinski definition) is 1. The molecule has 5 heteroatoms. The Bertz CT molecular complexity index is 319. The summed E-state index contributed by atoms with van der Waals surface area (Å²) in [5.74, 6) is 0. The zero-order valence-electron chi connectivity index (χ0n) is 8.97. The van der Waals surface area contributed by atoms with Gasteiger partial charge in [-0.25, -0.2) is 0 Å². The van der Waals surface area contributed by atoms with E-state index in [9.17, 15) is 0 Å². The van der Waals surface area contributed by atoms with E-state index < -0.39 is 0 Å². The number of halogens is 2. The van der Waals surface area contributed by atoms with Crippen molar-refractivity contribution in [2.24, 2.45) is 0 Å². The zero-order chi connectivity index (χ0) is 11.4. The van der Waals surface area contributed by atoms with Crippen molar-refractivity contribution in [3.8, 4) is 0 Å². The molecule has 1 heterocycles. The Balaban J connectivity index is 1.53. The fourth-order valence-corrected chi connectivity index (χ4v) is 3.57. The van der Waals surface area contributed by atoms with Crippen molar-refractivity contribution in [2.75, 3.05) is 19.8 Å². The quantitative estimate of drug-likeness (QED) is 0.742. The molecule has 1 aliphatic rings. The Morgan fingerprint density at radius 2 is 2.19 bits per heavy atom. The van der Waals surface area contributed by atoms with Crippen LogP contribution in [0.3, 0.4) is 0 Å². The molecule has 2 nitrogen and oxygen atoms in total. The van der Waals surface area contributed by atoms with Gasteiger partial charge in [-0.2, -0.15) is 0 Å². The first-order chi connectivity index (χ1) is 7.75. The highest BCUT2D eigenvalue weighted by molar-refractivity contribution is 9.13. The summed E-state index contributed by atoms with van der Waals surface area (Å²) in [4.78, 5) is 1.36. The molecule has 0 aromatic carbocycles. The number of ether oxygens (including phenoxy) is 1. The van der Waals surface area contributed by atoms with E-state index in [4.69, 9.17) is 4.74 Å². The summed E-state index contributed by atoms with van der Waals surface area (Å²) < 4.78 is 7.88. The summed E-state index contributed by atoms with van der Waals surface area (Å²) in [5.41, 5.74) is 0. The lowest BCUT2D eigenvalue weighted by atomic mass is 10.4.